The van der Waals surface area contributed by atoms with Crippen LogP contribution >= 0.6 is 0 Å². The van der Waals surface area contributed by atoms with Gasteiger partial charge in [0.05, 0.1) is 11.9 Å². The fraction of sp³-hybridized carbons (Fsp3) is 0.105. The fourth-order valence-electron chi connectivity index (χ4n) is 2.73. The van der Waals surface area contributed by atoms with E-state index in [0.29, 0.717) is 23.3 Å². The van der Waals surface area contributed by atoms with E-state index in [2.05, 4.69) is 20.4 Å². The smallest absolute Gasteiger partial charge is 0.149 e. The van der Waals surface area contributed by atoms with Gasteiger partial charge in [-0.1, -0.05) is 24.3 Å². The van der Waals surface area contributed by atoms with Crippen LogP contribution in [0.25, 0.3) is 16.6 Å². The molecule has 4 rings (SSSR count). The molecule has 0 spiro atoms. The van der Waals surface area contributed by atoms with Gasteiger partial charge in [-0.2, -0.15) is 5.10 Å². The molecule has 4 aromatic rings. The molecule has 124 valence electrons. The van der Waals surface area contributed by atoms with E-state index in [1.165, 1.54) is 12.4 Å². The van der Waals surface area contributed by atoms with Crippen LogP contribution in [0.15, 0.2) is 67.3 Å². The molecular formula is C19H16FN5. The number of rotatable bonds is 5. The number of halogens is 1. The molecule has 2 aromatic carbocycles. The minimum Gasteiger partial charge on any atom is -0.369 e. The number of hydrogen-bond acceptors (Lipinski definition) is 4. The average molecular weight is 333 g/mol. The molecule has 1 N–H and O–H groups in total. The highest BCUT2D eigenvalue weighted by molar-refractivity contribution is 5.89. The lowest BCUT2D eigenvalue weighted by atomic mass is 10.2. The Hall–Kier alpha value is -3.28. The molecule has 25 heavy (non-hydrogen) atoms. The van der Waals surface area contributed by atoms with Crippen LogP contribution in [0, 0.1) is 5.82 Å². The van der Waals surface area contributed by atoms with Gasteiger partial charge in [-0.25, -0.2) is 19.0 Å². The molecule has 0 radical (unpaired) electrons. The minimum atomic E-state index is -0.341. The van der Waals surface area contributed by atoms with Gasteiger partial charge in [-0.15, -0.1) is 0 Å². The Balaban J connectivity index is 1.45. The summed E-state index contributed by atoms with van der Waals surface area (Å²) < 4.78 is 15.6. The van der Waals surface area contributed by atoms with Crippen LogP contribution < -0.4 is 5.32 Å². The highest BCUT2D eigenvalue weighted by atomic mass is 19.1. The second kappa shape index (κ2) is 6.68. The molecule has 0 amide bonds. The van der Waals surface area contributed by atoms with Crippen LogP contribution in [0.3, 0.4) is 0 Å². The van der Waals surface area contributed by atoms with E-state index in [4.69, 9.17) is 0 Å². The van der Waals surface area contributed by atoms with Crippen LogP contribution in [0.5, 0.6) is 0 Å². The molecule has 0 unspecified atom stereocenters. The van der Waals surface area contributed by atoms with Crippen molar-refractivity contribution in [1.82, 2.24) is 19.7 Å². The highest BCUT2D eigenvalue weighted by Gasteiger charge is 2.07. The van der Waals surface area contributed by atoms with E-state index in [1.807, 2.05) is 53.5 Å². The second-order valence-electron chi connectivity index (χ2n) is 5.66. The molecule has 5 nitrogen and oxygen atoms in total. The maximum absolute atomic E-state index is 13.8. The van der Waals surface area contributed by atoms with E-state index < -0.39 is 0 Å². The van der Waals surface area contributed by atoms with E-state index >= 15 is 0 Å². The lowest BCUT2D eigenvalue weighted by molar-refractivity contribution is 0.636. The van der Waals surface area contributed by atoms with Crippen LogP contribution in [-0.2, 0) is 6.42 Å². The standard InChI is InChI=1S/C19H16FN5/c20-17-8-4-7-16-18(17)22-13-23-19(16)21-10-9-14-11-24-25(12-14)15-5-2-1-3-6-15/h1-8,11-13H,9-10H2,(H,21,22,23). The zero-order valence-electron chi connectivity index (χ0n) is 13.4. The first-order chi connectivity index (χ1) is 12.3. The van der Waals surface area contributed by atoms with Crippen molar-refractivity contribution in [3.63, 3.8) is 0 Å². The first kappa shape index (κ1) is 15.3. The van der Waals surface area contributed by atoms with Crippen molar-refractivity contribution < 1.29 is 4.39 Å². The summed E-state index contributed by atoms with van der Waals surface area (Å²) >= 11 is 0. The van der Waals surface area contributed by atoms with Crippen LogP contribution in [-0.4, -0.2) is 26.3 Å². The predicted octanol–water partition coefficient (Wildman–Crippen LogP) is 3.61. The topological polar surface area (TPSA) is 55.6 Å². The Labute approximate surface area is 144 Å². The molecule has 0 aliphatic rings. The molecule has 0 bridgehead atoms. The SMILES string of the molecule is Fc1cccc2c(NCCc3cnn(-c4ccccc4)c3)ncnc12. The highest BCUT2D eigenvalue weighted by Crippen LogP contribution is 2.21. The van der Waals surface area contributed by atoms with Crippen molar-refractivity contribution >= 4 is 16.7 Å². The van der Waals surface area contributed by atoms with Crippen LogP contribution in [0.1, 0.15) is 5.56 Å². The molecule has 0 aliphatic heterocycles. The van der Waals surface area contributed by atoms with E-state index in [1.54, 1.807) is 6.07 Å². The summed E-state index contributed by atoms with van der Waals surface area (Å²) in [5.41, 5.74) is 2.47. The van der Waals surface area contributed by atoms with Crippen molar-refractivity contribution in [2.24, 2.45) is 0 Å². The number of nitrogens with one attached hydrogen (secondary N) is 1. The Morgan fingerprint density at radius 2 is 1.88 bits per heavy atom. The first-order valence-corrected chi connectivity index (χ1v) is 8.03. The molecule has 0 saturated heterocycles. The fourth-order valence-corrected chi connectivity index (χ4v) is 2.73. The molecule has 0 atom stereocenters. The predicted molar refractivity (Wildman–Crippen MR) is 95.3 cm³/mol. The van der Waals surface area contributed by atoms with Gasteiger partial charge in [-0.3, -0.25) is 0 Å². The molecule has 6 heteroatoms. The number of fused-ring (bicyclic) bond motifs is 1. The Kier molecular flexibility index (Phi) is 4.08. The minimum absolute atomic E-state index is 0.330. The number of benzene rings is 2. The summed E-state index contributed by atoms with van der Waals surface area (Å²) in [7, 11) is 0. The summed E-state index contributed by atoms with van der Waals surface area (Å²) in [5, 5.41) is 8.33. The van der Waals surface area contributed by atoms with Gasteiger partial charge in [0.1, 0.15) is 23.5 Å². The number of para-hydroxylation sites is 2. The van der Waals surface area contributed by atoms with Crippen molar-refractivity contribution in [3.05, 3.63) is 78.6 Å². The number of anilines is 1. The molecule has 2 aromatic heterocycles. The summed E-state index contributed by atoms with van der Waals surface area (Å²) in [5.74, 6) is 0.298. The van der Waals surface area contributed by atoms with Gasteiger partial charge in [0.15, 0.2) is 0 Å². The number of aromatic nitrogens is 4. The van der Waals surface area contributed by atoms with Crippen molar-refractivity contribution in [2.75, 3.05) is 11.9 Å². The van der Waals surface area contributed by atoms with Gasteiger partial charge in [-0.05, 0) is 36.2 Å². The summed E-state index contributed by atoms with van der Waals surface area (Å²) in [6, 6.07) is 14.8. The normalized spacial score (nSPS) is 10.9. The largest absolute Gasteiger partial charge is 0.369 e. The summed E-state index contributed by atoms with van der Waals surface area (Å²) in [6.07, 6.45) is 6.02. The zero-order chi connectivity index (χ0) is 17.1. The number of nitrogens with zero attached hydrogens (tertiary/aromatic N) is 4. The monoisotopic (exact) mass is 333 g/mol. The quantitative estimate of drug-likeness (QED) is 0.606. The Bertz CT molecular complexity index is 997. The number of hydrogen-bond donors (Lipinski definition) is 1. The van der Waals surface area contributed by atoms with Crippen molar-refractivity contribution in [2.45, 2.75) is 6.42 Å². The third-order valence-electron chi connectivity index (χ3n) is 3.98. The maximum Gasteiger partial charge on any atom is 0.149 e. The van der Waals surface area contributed by atoms with Gasteiger partial charge in [0.2, 0.25) is 0 Å². The van der Waals surface area contributed by atoms with E-state index in [9.17, 15) is 4.39 Å². The first-order valence-electron chi connectivity index (χ1n) is 8.03. The zero-order valence-corrected chi connectivity index (χ0v) is 13.4. The molecule has 2 heterocycles. The lowest BCUT2D eigenvalue weighted by Crippen LogP contribution is -2.07. The lowest BCUT2D eigenvalue weighted by Gasteiger charge is -2.07. The Morgan fingerprint density at radius 3 is 2.76 bits per heavy atom. The van der Waals surface area contributed by atoms with Gasteiger partial charge >= 0.3 is 0 Å². The van der Waals surface area contributed by atoms with E-state index in [-0.39, 0.29) is 5.82 Å². The van der Waals surface area contributed by atoms with Crippen LogP contribution in [0.4, 0.5) is 10.2 Å². The second-order valence-corrected chi connectivity index (χ2v) is 5.66. The average Bonchev–Trinajstić information content (AvgIpc) is 3.12. The molecule has 0 fully saturated rings. The van der Waals surface area contributed by atoms with Gasteiger partial charge in [0.25, 0.3) is 0 Å². The van der Waals surface area contributed by atoms with E-state index in [0.717, 1.165) is 17.7 Å². The van der Waals surface area contributed by atoms with Crippen molar-refractivity contribution in [3.8, 4) is 5.69 Å². The summed E-state index contributed by atoms with van der Waals surface area (Å²) in [4.78, 5) is 8.23. The maximum atomic E-state index is 13.8. The van der Waals surface area contributed by atoms with Crippen LogP contribution in [0.2, 0.25) is 0 Å². The van der Waals surface area contributed by atoms with Gasteiger partial charge < -0.3 is 5.32 Å². The van der Waals surface area contributed by atoms with Crippen molar-refractivity contribution in [1.29, 1.82) is 0 Å². The molecular weight excluding hydrogens is 317 g/mol. The molecule has 0 aliphatic carbocycles. The third kappa shape index (κ3) is 3.19. The summed E-state index contributed by atoms with van der Waals surface area (Å²) in [6.45, 7) is 0.670. The third-order valence-corrected chi connectivity index (χ3v) is 3.98. The van der Waals surface area contributed by atoms with Gasteiger partial charge in [0, 0.05) is 18.1 Å². The Morgan fingerprint density at radius 1 is 1.00 bits per heavy atom. The molecule has 0 saturated carbocycles.